The molecule has 0 amide bonds. The summed E-state index contributed by atoms with van der Waals surface area (Å²) in [6.45, 7) is 1.97. The lowest BCUT2D eigenvalue weighted by atomic mass is 9.98. The number of rotatable bonds is 4. The second-order valence-electron chi connectivity index (χ2n) is 3.91. The highest BCUT2D eigenvalue weighted by atomic mass is 19.4. The average molecular weight is 231 g/mol. The Morgan fingerprint density at radius 2 is 1.88 bits per heavy atom. The molecule has 0 aliphatic rings. The van der Waals surface area contributed by atoms with Gasteiger partial charge in [0.2, 0.25) is 0 Å². The van der Waals surface area contributed by atoms with E-state index in [1.54, 1.807) is 6.07 Å². The summed E-state index contributed by atoms with van der Waals surface area (Å²) in [5, 5.41) is 0. The molecule has 0 fully saturated rings. The van der Waals surface area contributed by atoms with E-state index in [1.165, 1.54) is 12.1 Å². The molecule has 0 aliphatic heterocycles. The van der Waals surface area contributed by atoms with E-state index in [0.717, 1.165) is 18.9 Å². The quantitative estimate of drug-likeness (QED) is 0.844. The van der Waals surface area contributed by atoms with Gasteiger partial charge in [0.15, 0.2) is 0 Å². The van der Waals surface area contributed by atoms with Crippen molar-refractivity contribution in [2.75, 3.05) is 0 Å². The minimum atomic E-state index is -4.29. The molecule has 0 heterocycles. The first-order valence-electron chi connectivity index (χ1n) is 5.35. The molecule has 0 saturated heterocycles. The van der Waals surface area contributed by atoms with Gasteiger partial charge >= 0.3 is 6.18 Å². The molecule has 2 N–H and O–H groups in total. The maximum Gasteiger partial charge on any atom is 0.416 e. The molecular formula is C12H16F3N. The van der Waals surface area contributed by atoms with Crippen molar-refractivity contribution in [2.45, 2.75) is 38.4 Å². The zero-order valence-electron chi connectivity index (χ0n) is 9.22. The van der Waals surface area contributed by atoms with Crippen LogP contribution in [0.25, 0.3) is 0 Å². The van der Waals surface area contributed by atoms with Crippen molar-refractivity contribution < 1.29 is 13.2 Å². The number of alkyl halides is 3. The maximum atomic E-state index is 12.6. The van der Waals surface area contributed by atoms with Crippen molar-refractivity contribution in [3.63, 3.8) is 0 Å². The minimum Gasteiger partial charge on any atom is -0.327 e. The minimum absolute atomic E-state index is 0.200. The smallest absolute Gasteiger partial charge is 0.327 e. The first kappa shape index (κ1) is 13.0. The molecule has 1 nitrogen and oxygen atoms in total. The van der Waals surface area contributed by atoms with Crippen LogP contribution in [0.5, 0.6) is 0 Å². The molecule has 1 aromatic carbocycles. The Morgan fingerprint density at radius 3 is 2.44 bits per heavy atom. The summed E-state index contributed by atoms with van der Waals surface area (Å²) >= 11 is 0. The van der Waals surface area contributed by atoms with Crippen LogP contribution in [0.2, 0.25) is 0 Å². The first-order chi connectivity index (χ1) is 7.45. The normalized spacial score (nSPS) is 13.8. The first-order valence-corrected chi connectivity index (χ1v) is 5.35. The molecule has 16 heavy (non-hydrogen) atoms. The summed E-state index contributed by atoms with van der Waals surface area (Å²) in [5.74, 6) is 0. The summed E-state index contributed by atoms with van der Waals surface area (Å²) in [7, 11) is 0. The van der Waals surface area contributed by atoms with E-state index in [-0.39, 0.29) is 18.0 Å². The predicted octanol–water partition coefficient (Wildman–Crippen LogP) is 3.38. The molecule has 1 aromatic rings. The molecule has 0 saturated carbocycles. The average Bonchev–Trinajstić information content (AvgIpc) is 2.17. The third-order valence-corrected chi connectivity index (χ3v) is 2.46. The zero-order chi connectivity index (χ0) is 12.2. The second kappa shape index (κ2) is 5.34. The van der Waals surface area contributed by atoms with E-state index in [9.17, 15) is 13.2 Å². The highest BCUT2D eigenvalue weighted by Crippen LogP contribution is 2.32. The molecule has 0 aliphatic carbocycles. The number of hydrogen-bond donors (Lipinski definition) is 1. The molecule has 0 bridgehead atoms. The Bertz CT molecular complexity index is 333. The molecule has 4 heteroatoms. The highest BCUT2D eigenvalue weighted by Gasteiger charge is 2.32. The van der Waals surface area contributed by atoms with Gasteiger partial charge in [-0.1, -0.05) is 31.5 Å². The van der Waals surface area contributed by atoms with Crippen molar-refractivity contribution in [1.29, 1.82) is 0 Å². The lowest BCUT2D eigenvalue weighted by molar-refractivity contribution is -0.138. The Kier molecular flexibility index (Phi) is 4.35. The molecule has 0 radical (unpaired) electrons. The van der Waals surface area contributed by atoms with Gasteiger partial charge in [0.05, 0.1) is 5.56 Å². The van der Waals surface area contributed by atoms with E-state index in [0.29, 0.717) is 0 Å². The molecule has 1 atom stereocenters. The highest BCUT2D eigenvalue weighted by molar-refractivity contribution is 5.30. The fourth-order valence-corrected chi connectivity index (χ4v) is 1.73. The Labute approximate surface area is 93.5 Å². The summed E-state index contributed by atoms with van der Waals surface area (Å²) in [6.07, 6.45) is -2.38. The van der Waals surface area contributed by atoms with Gasteiger partial charge in [0.1, 0.15) is 0 Å². The van der Waals surface area contributed by atoms with Gasteiger partial charge in [0.25, 0.3) is 0 Å². The van der Waals surface area contributed by atoms with Crippen LogP contribution in [-0.4, -0.2) is 6.04 Å². The van der Waals surface area contributed by atoms with Crippen molar-refractivity contribution in [3.8, 4) is 0 Å². The topological polar surface area (TPSA) is 26.0 Å². The van der Waals surface area contributed by atoms with Gasteiger partial charge in [-0.25, -0.2) is 0 Å². The fourth-order valence-electron chi connectivity index (χ4n) is 1.73. The van der Waals surface area contributed by atoms with Gasteiger partial charge in [0, 0.05) is 6.04 Å². The fraction of sp³-hybridized carbons (Fsp3) is 0.500. The number of nitrogens with two attached hydrogens (primary N) is 1. The Morgan fingerprint density at radius 1 is 1.25 bits per heavy atom. The number of benzene rings is 1. The third kappa shape index (κ3) is 3.52. The summed E-state index contributed by atoms with van der Waals surface area (Å²) in [6, 6.07) is 5.42. The Balaban J connectivity index is 2.87. The van der Waals surface area contributed by atoms with Crippen molar-refractivity contribution in [3.05, 3.63) is 35.4 Å². The third-order valence-electron chi connectivity index (χ3n) is 2.46. The standard InChI is InChI=1S/C12H16F3N/c1-2-5-10(16)8-9-6-3-4-7-11(9)12(13,14)15/h3-4,6-7,10H,2,5,8,16H2,1H3. The second-order valence-corrected chi connectivity index (χ2v) is 3.91. The SMILES string of the molecule is CCCC(N)Cc1ccccc1C(F)(F)F. The van der Waals surface area contributed by atoms with Gasteiger partial charge < -0.3 is 5.73 Å². The lowest BCUT2D eigenvalue weighted by Gasteiger charge is -2.15. The predicted molar refractivity (Wildman–Crippen MR) is 58.0 cm³/mol. The number of halogens is 3. The van der Waals surface area contributed by atoms with Gasteiger partial charge in [-0.15, -0.1) is 0 Å². The van der Waals surface area contributed by atoms with Crippen LogP contribution in [0.3, 0.4) is 0 Å². The molecule has 1 unspecified atom stereocenters. The van der Waals surface area contributed by atoms with Crippen molar-refractivity contribution >= 4 is 0 Å². The van der Waals surface area contributed by atoms with Crippen molar-refractivity contribution in [1.82, 2.24) is 0 Å². The summed E-state index contributed by atoms with van der Waals surface area (Å²) in [4.78, 5) is 0. The van der Waals surface area contributed by atoms with E-state index < -0.39 is 11.7 Å². The molecule has 0 aromatic heterocycles. The molecule has 90 valence electrons. The van der Waals surface area contributed by atoms with Crippen LogP contribution in [0.1, 0.15) is 30.9 Å². The van der Waals surface area contributed by atoms with Gasteiger partial charge in [-0.2, -0.15) is 13.2 Å². The van der Waals surface area contributed by atoms with Crippen LogP contribution in [-0.2, 0) is 12.6 Å². The monoisotopic (exact) mass is 231 g/mol. The van der Waals surface area contributed by atoms with Crippen LogP contribution >= 0.6 is 0 Å². The van der Waals surface area contributed by atoms with Crippen LogP contribution in [0, 0.1) is 0 Å². The summed E-state index contributed by atoms with van der Waals surface area (Å²) < 4.78 is 37.9. The lowest BCUT2D eigenvalue weighted by Crippen LogP contribution is -2.24. The van der Waals surface area contributed by atoms with E-state index in [1.807, 2.05) is 6.92 Å². The molecule has 1 rings (SSSR count). The molecule has 0 spiro atoms. The van der Waals surface area contributed by atoms with E-state index >= 15 is 0 Å². The van der Waals surface area contributed by atoms with E-state index in [2.05, 4.69) is 0 Å². The largest absolute Gasteiger partial charge is 0.416 e. The summed E-state index contributed by atoms with van der Waals surface area (Å²) in [5.41, 5.74) is 5.48. The van der Waals surface area contributed by atoms with E-state index in [4.69, 9.17) is 5.73 Å². The van der Waals surface area contributed by atoms with Crippen molar-refractivity contribution in [2.24, 2.45) is 5.73 Å². The zero-order valence-corrected chi connectivity index (χ0v) is 9.22. The van der Waals surface area contributed by atoms with Gasteiger partial charge in [-0.05, 0) is 24.5 Å². The Hall–Kier alpha value is -1.03. The van der Waals surface area contributed by atoms with Gasteiger partial charge in [-0.3, -0.25) is 0 Å². The maximum absolute atomic E-state index is 12.6. The number of hydrogen-bond acceptors (Lipinski definition) is 1. The van der Waals surface area contributed by atoms with Crippen LogP contribution in [0.15, 0.2) is 24.3 Å². The van der Waals surface area contributed by atoms with Crippen LogP contribution in [0.4, 0.5) is 13.2 Å². The molecular weight excluding hydrogens is 215 g/mol. The van der Waals surface area contributed by atoms with Crippen LogP contribution < -0.4 is 5.73 Å².